The van der Waals surface area contributed by atoms with Crippen LogP contribution in [-0.4, -0.2) is 67.8 Å². The van der Waals surface area contributed by atoms with Crippen LogP contribution >= 0.6 is 0 Å². The summed E-state index contributed by atoms with van der Waals surface area (Å²) < 4.78 is 16.2. The van der Waals surface area contributed by atoms with Crippen molar-refractivity contribution < 1.29 is 13.3 Å². The molecule has 0 amide bonds. The van der Waals surface area contributed by atoms with Gasteiger partial charge in [0.1, 0.15) is 0 Å². The summed E-state index contributed by atoms with van der Waals surface area (Å²) in [5.74, 6) is 0. The Morgan fingerprint density at radius 1 is 1.00 bits per heavy atom. The van der Waals surface area contributed by atoms with Crippen LogP contribution < -0.4 is 5.32 Å². The second-order valence-electron chi connectivity index (χ2n) is 4.19. The Labute approximate surface area is 113 Å². The molecular weight excluding hydrogens is 248 g/mol. The van der Waals surface area contributed by atoms with Crippen LogP contribution in [0.25, 0.3) is 0 Å². The van der Waals surface area contributed by atoms with E-state index < -0.39 is 8.80 Å². The maximum Gasteiger partial charge on any atom is 0.500 e. The lowest BCUT2D eigenvalue weighted by Crippen LogP contribution is -2.43. The summed E-state index contributed by atoms with van der Waals surface area (Å²) >= 11 is 0. The Bertz CT molecular complexity index is 184. The molecule has 0 unspecified atom stereocenters. The molecule has 0 fully saturated rings. The molecular formula is C12H30N2O3Si. The Kier molecular flexibility index (Phi) is 10.9. The molecule has 0 aromatic carbocycles. The van der Waals surface area contributed by atoms with Crippen molar-refractivity contribution in [1.82, 2.24) is 10.2 Å². The van der Waals surface area contributed by atoms with Crippen LogP contribution in [0.15, 0.2) is 0 Å². The molecule has 1 N–H and O–H groups in total. The smallest absolute Gasteiger partial charge is 0.377 e. The molecule has 0 bridgehead atoms. The average Bonchev–Trinajstić information content (AvgIpc) is 2.42. The second kappa shape index (κ2) is 10.9. The van der Waals surface area contributed by atoms with Gasteiger partial charge in [-0.15, -0.1) is 0 Å². The minimum absolute atomic E-state index is 0.869. The predicted octanol–water partition coefficient (Wildman–Crippen LogP) is 1.19. The summed E-state index contributed by atoms with van der Waals surface area (Å²) in [6.07, 6.45) is 1.04. The van der Waals surface area contributed by atoms with Crippen LogP contribution in [0, 0.1) is 0 Å². The van der Waals surface area contributed by atoms with E-state index in [4.69, 9.17) is 13.3 Å². The van der Waals surface area contributed by atoms with Crippen LogP contribution in [0.2, 0.25) is 6.04 Å². The zero-order valence-corrected chi connectivity index (χ0v) is 13.6. The lowest BCUT2D eigenvalue weighted by Gasteiger charge is -2.26. The highest BCUT2D eigenvalue weighted by Gasteiger charge is 2.36. The maximum atomic E-state index is 5.41. The summed E-state index contributed by atoms with van der Waals surface area (Å²) in [7, 11) is 2.63. The van der Waals surface area contributed by atoms with Gasteiger partial charge in [0.05, 0.1) is 0 Å². The molecule has 0 aliphatic heterocycles. The largest absolute Gasteiger partial charge is 0.500 e. The summed E-state index contributed by atoms with van der Waals surface area (Å²) in [6, 6.07) is 0.869. The van der Waals surface area contributed by atoms with Gasteiger partial charge < -0.3 is 23.5 Å². The van der Waals surface area contributed by atoms with Crippen molar-refractivity contribution in [3.05, 3.63) is 0 Å². The fraction of sp³-hybridized carbons (Fsp3) is 1.00. The third kappa shape index (κ3) is 6.82. The van der Waals surface area contributed by atoms with E-state index in [1.165, 1.54) is 0 Å². The van der Waals surface area contributed by atoms with Crippen molar-refractivity contribution in [2.24, 2.45) is 0 Å². The van der Waals surface area contributed by atoms with Gasteiger partial charge in [0.15, 0.2) is 0 Å². The zero-order chi connectivity index (χ0) is 13.9. The van der Waals surface area contributed by atoms with Gasteiger partial charge in [0.2, 0.25) is 0 Å². The Morgan fingerprint density at radius 2 is 1.61 bits per heavy atom. The van der Waals surface area contributed by atoms with E-state index in [-0.39, 0.29) is 0 Å². The number of nitrogens with zero attached hydrogens (tertiary/aromatic N) is 1. The fourth-order valence-electron chi connectivity index (χ4n) is 1.92. The fourth-order valence-corrected chi connectivity index (χ4v) is 3.62. The van der Waals surface area contributed by atoms with E-state index in [1.54, 1.807) is 21.3 Å². The maximum absolute atomic E-state index is 5.41. The molecule has 0 aromatic rings. The molecule has 110 valence electrons. The Balaban J connectivity index is 3.90. The lowest BCUT2D eigenvalue weighted by atomic mass is 10.4. The molecule has 18 heavy (non-hydrogen) atoms. The second-order valence-corrected chi connectivity index (χ2v) is 7.28. The first kappa shape index (κ1) is 18.0. The van der Waals surface area contributed by atoms with Crippen LogP contribution in [0.3, 0.4) is 0 Å². The van der Waals surface area contributed by atoms with Gasteiger partial charge in [-0.1, -0.05) is 13.8 Å². The van der Waals surface area contributed by atoms with Crippen LogP contribution in [-0.2, 0) is 13.3 Å². The third-order valence-corrected chi connectivity index (χ3v) is 6.02. The van der Waals surface area contributed by atoms with Crippen molar-refractivity contribution in [3.8, 4) is 0 Å². The van der Waals surface area contributed by atoms with E-state index in [9.17, 15) is 0 Å². The average molecular weight is 278 g/mol. The molecule has 0 radical (unpaired) electrons. The van der Waals surface area contributed by atoms with E-state index in [2.05, 4.69) is 24.1 Å². The highest BCUT2D eigenvalue weighted by Crippen LogP contribution is 2.15. The van der Waals surface area contributed by atoms with Gasteiger partial charge in [-0.2, -0.15) is 0 Å². The quantitative estimate of drug-likeness (QED) is 0.429. The van der Waals surface area contributed by atoms with Crippen molar-refractivity contribution in [1.29, 1.82) is 0 Å². The molecule has 0 aliphatic rings. The van der Waals surface area contributed by atoms with Crippen LogP contribution in [0.4, 0.5) is 0 Å². The first-order valence-electron chi connectivity index (χ1n) is 6.76. The summed E-state index contributed by atoms with van der Waals surface area (Å²) in [5.41, 5.74) is 0. The molecule has 0 heterocycles. The van der Waals surface area contributed by atoms with Gasteiger partial charge in [-0.3, -0.25) is 0 Å². The van der Waals surface area contributed by atoms with Gasteiger partial charge in [-0.25, -0.2) is 0 Å². The predicted molar refractivity (Wildman–Crippen MR) is 76.9 cm³/mol. The molecule has 0 saturated heterocycles. The van der Waals surface area contributed by atoms with Crippen LogP contribution in [0.5, 0.6) is 0 Å². The number of nitrogens with one attached hydrogen (secondary N) is 1. The summed E-state index contributed by atoms with van der Waals surface area (Å²) in [6.45, 7) is 9.63. The Hall–Kier alpha value is 0.0169. The molecule has 5 nitrogen and oxygen atoms in total. The SMILES string of the molecule is CCNCCN(CC)CCC[Si](OC)(OC)OC. The first-order valence-corrected chi connectivity index (χ1v) is 8.69. The number of rotatable bonds is 12. The highest BCUT2D eigenvalue weighted by molar-refractivity contribution is 6.60. The van der Waals surface area contributed by atoms with E-state index in [0.717, 1.165) is 45.2 Å². The topological polar surface area (TPSA) is 43.0 Å². The molecule has 0 aromatic heterocycles. The molecule has 0 aliphatic carbocycles. The van der Waals surface area contributed by atoms with Crippen molar-refractivity contribution in [2.45, 2.75) is 26.3 Å². The van der Waals surface area contributed by atoms with Gasteiger partial charge in [-0.05, 0) is 26.1 Å². The van der Waals surface area contributed by atoms with Crippen molar-refractivity contribution in [2.75, 3.05) is 54.1 Å². The number of hydrogen-bond donors (Lipinski definition) is 1. The molecule has 0 saturated carbocycles. The number of likely N-dealkylation sites (N-methyl/N-ethyl adjacent to an activating group) is 2. The normalized spacial score (nSPS) is 12.3. The first-order chi connectivity index (χ1) is 8.67. The molecule has 6 heteroatoms. The highest BCUT2D eigenvalue weighted by atomic mass is 28.4. The van der Waals surface area contributed by atoms with E-state index in [1.807, 2.05) is 0 Å². The van der Waals surface area contributed by atoms with Gasteiger partial charge in [0.25, 0.3) is 0 Å². The number of hydrogen-bond acceptors (Lipinski definition) is 5. The lowest BCUT2D eigenvalue weighted by molar-refractivity contribution is 0.121. The zero-order valence-electron chi connectivity index (χ0n) is 12.6. The molecule has 0 spiro atoms. The monoisotopic (exact) mass is 278 g/mol. The third-order valence-electron chi connectivity index (χ3n) is 3.19. The Morgan fingerprint density at radius 3 is 2.06 bits per heavy atom. The molecule has 0 atom stereocenters. The summed E-state index contributed by atoms with van der Waals surface area (Å²) in [4.78, 5) is 2.43. The van der Waals surface area contributed by atoms with Gasteiger partial charge in [0, 0.05) is 40.5 Å². The van der Waals surface area contributed by atoms with Gasteiger partial charge >= 0.3 is 8.80 Å². The standard InChI is InChI=1S/C12H30N2O3Si/c1-6-13-9-11-14(7-2)10-8-12-18(15-3,16-4)17-5/h13H,6-12H2,1-5H3. The van der Waals surface area contributed by atoms with Crippen molar-refractivity contribution >= 4 is 8.80 Å². The summed E-state index contributed by atoms with van der Waals surface area (Å²) in [5, 5.41) is 3.35. The minimum atomic E-state index is -2.38. The van der Waals surface area contributed by atoms with Crippen LogP contribution in [0.1, 0.15) is 20.3 Å². The molecule has 0 rings (SSSR count). The van der Waals surface area contributed by atoms with E-state index >= 15 is 0 Å². The minimum Gasteiger partial charge on any atom is -0.377 e. The van der Waals surface area contributed by atoms with E-state index in [0.29, 0.717) is 0 Å². The van der Waals surface area contributed by atoms with Crippen molar-refractivity contribution in [3.63, 3.8) is 0 Å².